The first-order chi connectivity index (χ1) is 23.3. The zero-order valence-electron chi connectivity index (χ0n) is 26.5. The Morgan fingerprint density at radius 1 is 0.729 bits per heavy atom. The Labute approximate surface area is 283 Å². The van der Waals surface area contributed by atoms with Gasteiger partial charge in [0.15, 0.2) is 0 Å². The second kappa shape index (κ2) is 14.4. The van der Waals surface area contributed by atoms with Crippen LogP contribution in [-0.2, 0) is 14.4 Å². The first kappa shape index (κ1) is 32.2. The fourth-order valence-electron chi connectivity index (χ4n) is 5.58. The minimum atomic E-state index is -0.548. The summed E-state index contributed by atoms with van der Waals surface area (Å²) in [6, 6.07) is 39.2. The van der Waals surface area contributed by atoms with Crippen LogP contribution in [0.15, 0.2) is 138 Å². The number of amides is 4. The highest BCUT2D eigenvalue weighted by atomic mass is 32.2. The summed E-state index contributed by atoms with van der Waals surface area (Å²) in [5.41, 5.74) is 6.27. The lowest BCUT2D eigenvalue weighted by molar-refractivity contribution is -0.121. The summed E-state index contributed by atoms with van der Waals surface area (Å²) in [5.74, 6) is -1.35. The van der Waals surface area contributed by atoms with Gasteiger partial charge in [-0.05, 0) is 84.1 Å². The number of nitrogens with one attached hydrogen (secondary N) is 2. The molecule has 1 atom stereocenters. The molecule has 0 aromatic heterocycles. The number of carbonyl (C=O) groups excluding carboxylic acids is 4. The summed E-state index contributed by atoms with van der Waals surface area (Å²) in [6.07, 6.45) is 1.75. The van der Waals surface area contributed by atoms with E-state index < -0.39 is 17.1 Å². The fraction of sp³-hybridized carbons (Fsp3) is 0.100. The molecule has 48 heavy (non-hydrogen) atoms. The van der Waals surface area contributed by atoms with Crippen molar-refractivity contribution in [2.24, 2.45) is 0 Å². The lowest BCUT2D eigenvalue weighted by atomic mass is 10.0. The van der Waals surface area contributed by atoms with Gasteiger partial charge in [-0.25, -0.2) is 4.90 Å². The average molecular weight is 652 g/mol. The molecular formula is C40H33N3O4S. The molecule has 0 radical (unpaired) electrons. The summed E-state index contributed by atoms with van der Waals surface area (Å²) in [7, 11) is 0. The Balaban J connectivity index is 1.17. The van der Waals surface area contributed by atoms with E-state index in [-0.39, 0.29) is 23.9 Å². The van der Waals surface area contributed by atoms with Crippen LogP contribution in [0.2, 0.25) is 0 Å². The van der Waals surface area contributed by atoms with Gasteiger partial charge in [-0.1, -0.05) is 91.0 Å². The number of anilines is 2. The zero-order valence-corrected chi connectivity index (χ0v) is 27.3. The molecule has 4 amide bonds. The smallest absolute Gasteiger partial charge is 0.272 e. The normalized spacial score (nSPS) is 14.6. The standard InChI is InChI=1S/C40H33N3O4S/c1-26-10-9-11-27(2)37(26)43-36(44)25-35(40(43)47)48-33-22-20-32(21-23-33)41-39(46)34(42-38(45)31-14-7-4-8-15-31)24-28-16-18-30(19-17-28)29-12-5-3-6-13-29/h3-24,35H,25H2,1-2H3,(H,41,46)(H,42,45)/b34-24-. The van der Waals surface area contributed by atoms with Crippen LogP contribution in [0.1, 0.15) is 33.5 Å². The molecule has 238 valence electrons. The summed E-state index contributed by atoms with van der Waals surface area (Å²) >= 11 is 1.32. The van der Waals surface area contributed by atoms with Crippen LogP contribution >= 0.6 is 11.8 Å². The molecule has 8 heteroatoms. The number of aryl methyl sites for hydroxylation is 2. The highest BCUT2D eigenvalue weighted by Gasteiger charge is 2.41. The Morgan fingerprint density at radius 3 is 1.98 bits per heavy atom. The van der Waals surface area contributed by atoms with E-state index in [4.69, 9.17) is 0 Å². The summed E-state index contributed by atoms with van der Waals surface area (Å²) < 4.78 is 0. The molecule has 1 aliphatic rings. The molecule has 0 bridgehead atoms. The second-order valence-corrected chi connectivity index (χ2v) is 12.7. The van der Waals surface area contributed by atoms with E-state index in [9.17, 15) is 19.2 Å². The van der Waals surface area contributed by atoms with Crippen LogP contribution in [-0.4, -0.2) is 28.9 Å². The maximum Gasteiger partial charge on any atom is 0.272 e. The maximum absolute atomic E-state index is 13.6. The van der Waals surface area contributed by atoms with Crippen molar-refractivity contribution in [2.45, 2.75) is 30.4 Å². The number of rotatable bonds is 9. The van der Waals surface area contributed by atoms with Gasteiger partial charge < -0.3 is 10.6 Å². The molecule has 6 rings (SSSR count). The van der Waals surface area contributed by atoms with Crippen molar-refractivity contribution in [3.8, 4) is 11.1 Å². The summed E-state index contributed by atoms with van der Waals surface area (Å²) in [4.78, 5) is 55.0. The van der Waals surface area contributed by atoms with E-state index in [1.165, 1.54) is 16.7 Å². The molecule has 1 fully saturated rings. The molecule has 1 heterocycles. The van der Waals surface area contributed by atoms with Crippen LogP contribution in [0, 0.1) is 13.8 Å². The molecule has 2 N–H and O–H groups in total. The summed E-state index contributed by atoms with van der Waals surface area (Å²) in [6.45, 7) is 3.79. The monoisotopic (exact) mass is 651 g/mol. The van der Waals surface area contributed by atoms with Crippen molar-refractivity contribution in [3.63, 3.8) is 0 Å². The van der Waals surface area contributed by atoms with Crippen molar-refractivity contribution < 1.29 is 19.2 Å². The minimum Gasteiger partial charge on any atom is -0.321 e. The molecule has 0 spiro atoms. The third-order valence-electron chi connectivity index (χ3n) is 8.02. The molecule has 0 saturated carbocycles. The van der Waals surface area contributed by atoms with Gasteiger partial charge in [0.2, 0.25) is 11.8 Å². The van der Waals surface area contributed by atoms with E-state index in [0.717, 1.165) is 32.7 Å². The van der Waals surface area contributed by atoms with Gasteiger partial charge in [0.1, 0.15) is 5.70 Å². The van der Waals surface area contributed by atoms with E-state index in [2.05, 4.69) is 10.6 Å². The maximum atomic E-state index is 13.6. The quantitative estimate of drug-likeness (QED) is 0.125. The lowest BCUT2D eigenvalue weighted by Gasteiger charge is -2.19. The zero-order chi connectivity index (χ0) is 33.6. The van der Waals surface area contributed by atoms with Crippen molar-refractivity contribution >= 4 is 52.8 Å². The number of nitrogens with zero attached hydrogens (tertiary/aromatic N) is 1. The highest BCUT2D eigenvalue weighted by Crippen LogP contribution is 2.36. The first-order valence-electron chi connectivity index (χ1n) is 15.5. The predicted octanol–water partition coefficient (Wildman–Crippen LogP) is 7.80. The van der Waals surface area contributed by atoms with Crippen LogP contribution in [0.25, 0.3) is 17.2 Å². The van der Waals surface area contributed by atoms with Crippen LogP contribution in [0.3, 0.4) is 0 Å². The van der Waals surface area contributed by atoms with Crippen LogP contribution in [0.5, 0.6) is 0 Å². The molecule has 1 unspecified atom stereocenters. The van der Waals surface area contributed by atoms with Gasteiger partial charge in [0.05, 0.1) is 10.9 Å². The number of para-hydroxylation sites is 1. The fourth-order valence-corrected chi connectivity index (χ4v) is 6.63. The predicted molar refractivity (Wildman–Crippen MR) is 192 cm³/mol. The molecule has 1 aliphatic heterocycles. The minimum absolute atomic E-state index is 0.0800. The van der Waals surface area contributed by atoms with Gasteiger partial charge in [0, 0.05) is 22.6 Å². The van der Waals surface area contributed by atoms with E-state index in [1.54, 1.807) is 54.6 Å². The van der Waals surface area contributed by atoms with E-state index in [0.29, 0.717) is 16.9 Å². The average Bonchev–Trinajstić information content (AvgIpc) is 3.37. The number of thioether (sulfide) groups is 1. The van der Waals surface area contributed by atoms with Gasteiger partial charge in [-0.15, -0.1) is 11.8 Å². The van der Waals surface area contributed by atoms with Gasteiger partial charge >= 0.3 is 0 Å². The van der Waals surface area contributed by atoms with Crippen molar-refractivity contribution in [1.29, 1.82) is 0 Å². The Bertz CT molecular complexity index is 1990. The van der Waals surface area contributed by atoms with Crippen LogP contribution in [0.4, 0.5) is 11.4 Å². The first-order valence-corrected chi connectivity index (χ1v) is 16.4. The van der Waals surface area contributed by atoms with Gasteiger partial charge in [0.25, 0.3) is 11.8 Å². The van der Waals surface area contributed by atoms with Crippen LogP contribution < -0.4 is 15.5 Å². The van der Waals surface area contributed by atoms with E-state index in [1.807, 2.05) is 92.7 Å². The molecular weight excluding hydrogens is 619 g/mol. The molecule has 7 nitrogen and oxygen atoms in total. The van der Waals surface area contributed by atoms with Gasteiger partial charge in [-0.3, -0.25) is 19.2 Å². The van der Waals surface area contributed by atoms with Crippen molar-refractivity contribution in [3.05, 3.63) is 155 Å². The number of hydrogen-bond donors (Lipinski definition) is 2. The van der Waals surface area contributed by atoms with Crippen molar-refractivity contribution in [2.75, 3.05) is 10.2 Å². The largest absolute Gasteiger partial charge is 0.321 e. The number of hydrogen-bond acceptors (Lipinski definition) is 5. The third kappa shape index (κ3) is 7.29. The molecule has 5 aromatic rings. The van der Waals surface area contributed by atoms with Gasteiger partial charge in [-0.2, -0.15) is 0 Å². The van der Waals surface area contributed by atoms with Crippen molar-refractivity contribution in [1.82, 2.24) is 5.32 Å². The number of imide groups is 1. The highest BCUT2D eigenvalue weighted by molar-refractivity contribution is 8.00. The molecule has 5 aromatic carbocycles. The number of carbonyl (C=O) groups is 4. The van der Waals surface area contributed by atoms with E-state index >= 15 is 0 Å². The summed E-state index contributed by atoms with van der Waals surface area (Å²) in [5, 5.41) is 5.10. The molecule has 0 aliphatic carbocycles. The topological polar surface area (TPSA) is 95.6 Å². The Hall–Kier alpha value is -5.73. The third-order valence-corrected chi connectivity index (χ3v) is 9.21. The Kier molecular flexibility index (Phi) is 9.64. The SMILES string of the molecule is Cc1cccc(C)c1N1C(=O)CC(Sc2ccc(NC(=O)/C(=C/c3ccc(-c4ccccc4)cc3)NC(=O)c3ccccc3)cc2)C1=O. The molecule has 1 saturated heterocycles. The Morgan fingerprint density at radius 2 is 1.33 bits per heavy atom. The lowest BCUT2D eigenvalue weighted by Crippen LogP contribution is -2.32. The second-order valence-electron chi connectivity index (χ2n) is 11.5. The number of benzene rings is 5.